The standard InChI is InChI=1S/C18H21N3O3/c1-12(2)24-16-8-6-14(7-9-16)21-17(22)11-20-15-5-3-4-13(10-15)18(19)23/h3-10,12,20H,11H2,1-2H3,(H2,19,23)(H,21,22). The summed E-state index contributed by atoms with van der Waals surface area (Å²) in [6.07, 6.45) is 0.103. The predicted octanol–water partition coefficient (Wildman–Crippen LogP) is 2.62. The van der Waals surface area contributed by atoms with Gasteiger partial charge in [0.05, 0.1) is 12.6 Å². The third kappa shape index (κ3) is 5.31. The van der Waals surface area contributed by atoms with Gasteiger partial charge in [-0.1, -0.05) is 6.07 Å². The zero-order chi connectivity index (χ0) is 17.5. The molecule has 4 N–H and O–H groups in total. The average molecular weight is 327 g/mol. The smallest absolute Gasteiger partial charge is 0.248 e. The molecule has 0 heterocycles. The number of nitrogens with one attached hydrogen (secondary N) is 2. The normalized spacial score (nSPS) is 10.3. The minimum absolute atomic E-state index is 0.0759. The van der Waals surface area contributed by atoms with Crippen LogP contribution < -0.4 is 21.1 Å². The fourth-order valence-electron chi connectivity index (χ4n) is 2.06. The minimum atomic E-state index is -0.508. The maximum Gasteiger partial charge on any atom is 0.248 e. The quantitative estimate of drug-likeness (QED) is 0.729. The molecule has 0 fully saturated rings. The monoisotopic (exact) mass is 327 g/mol. The fraction of sp³-hybridized carbons (Fsp3) is 0.222. The summed E-state index contributed by atoms with van der Waals surface area (Å²) in [5, 5.41) is 5.73. The van der Waals surface area contributed by atoms with E-state index in [-0.39, 0.29) is 18.6 Å². The van der Waals surface area contributed by atoms with Crippen molar-refractivity contribution in [3.63, 3.8) is 0 Å². The molecule has 126 valence electrons. The average Bonchev–Trinajstić information content (AvgIpc) is 2.54. The van der Waals surface area contributed by atoms with E-state index in [1.807, 2.05) is 13.8 Å². The molecule has 0 saturated carbocycles. The Labute approximate surface area is 141 Å². The molecule has 0 aromatic heterocycles. The van der Waals surface area contributed by atoms with Gasteiger partial charge in [0, 0.05) is 16.9 Å². The summed E-state index contributed by atoms with van der Waals surface area (Å²) in [5.41, 5.74) is 6.96. The van der Waals surface area contributed by atoms with Gasteiger partial charge in [-0.15, -0.1) is 0 Å². The van der Waals surface area contributed by atoms with Gasteiger partial charge in [-0.2, -0.15) is 0 Å². The lowest BCUT2D eigenvalue weighted by atomic mass is 10.2. The van der Waals surface area contributed by atoms with E-state index in [4.69, 9.17) is 10.5 Å². The first-order valence-corrected chi connectivity index (χ1v) is 7.64. The van der Waals surface area contributed by atoms with Crippen molar-refractivity contribution in [1.82, 2.24) is 0 Å². The zero-order valence-electron chi connectivity index (χ0n) is 13.7. The number of rotatable bonds is 7. The largest absolute Gasteiger partial charge is 0.491 e. The number of nitrogens with two attached hydrogens (primary N) is 1. The van der Waals surface area contributed by atoms with Crippen molar-refractivity contribution in [2.75, 3.05) is 17.2 Å². The first-order chi connectivity index (χ1) is 11.4. The van der Waals surface area contributed by atoms with E-state index in [1.54, 1.807) is 48.5 Å². The number of carbonyl (C=O) groups is 2. The molecule has 2 rings (SSSR count). The van der Waals surface area contributed by atoms with E-state index in [0.29, 0.717) is 16.9 Å². The van der Waals surface area contributed by atoms with E-state index in [1.165, 1.54) is 0 Å². The molecule has 6 heteroatoms. The predicted molar refractivity (Wildman–Crippen MR) is 94.3 cm³/mol. The molecule has 2 aromatic rings. The lowest BCUT2D eigenvalue weighted by Gasteiger charge is -2.11. The Kier molecular flexibility index (Phi) is 5.78. The van der Waals surface area contributed by atoms with Gasteiger partial charge in [-0.25, -0.2) is 0 Å². The van der Waals surface area contributed by atoms with Crippen LogP contribution in [0.25, 0.3) is 0 Å². The van der Waals surface area contributed by atoms with E-state index in [9.17, 15) is 9.59 Å². The van der Waals surface area contributed by atoms with Gasteiger partial charge in [0.1, 0.15) is 5.75 Å². The molecule has 0 radical (unpaired) electrons. The van der Waals surface area contributed by atoms with Gasteiger partial charge in [-0.3, -0.25) is 9.59 Å². The molecule has 0 unspecified atom stereocenters. The lowest BCUT2D eigenvalue weighted by Crippen LogP contribution is -2.22. The second-order valence-corrected chi connectivity index (χ2v) is 5.54. The molecule has 6 nitrogen and oxygen atoms in total. The number of hydrogen-bond acceptors (Lipinski definition) is 4. The van der Waals surface area contributed by atoms with Crippen LogP contribution in [0.5, 0.6) is 5.75 Å². The molecule has 2 amide bonds. The molecule has 0 aliphatic rings. The Morgan fingerprint density at radius 2 is 1.79 bits per heavy atom. The van der Waals surface area contributed by atoms with Crippen LogP contribution >= 0.6 is 0 Å². The fourth-order valence-corrected chi connectivity index (χ4v) is 2.06. The van der Waals surface area contributed by atoms with E-state index in [2.05, 4.69) is 10.6 Å². The molecule has 0 spiro atoms. The van der Waals surface area contributed by atoms with E-state index < -0.39 is 5.91 Å². The number of primary amides is 1. The highest BCUT2D eigenvalue weighted by atomic mass is 16.5. The van der Waals surface area contributed by atoms with Gasteiger partial charge in [-0.05, 0) is 56.3 Å². The van der Waals surface area contributed by atoms with Crippen molar-refractivity contribution in [2.24, 2.45) is 5.73 Å². The summed E-state index contributed by atoms with van der Waals surface area (Å²) in [5.74, 6) is 0.0493. The first-order valence-electron chi connectivity index (χ1n) is 7.64. The number of amides is 2. The third-order valence-corrected chi connectivity index (χ3v) is 3.11. The Balaban J connectivity index is 1.87. The minimum Gasteiger partial charge on any atom is -0.491 e. The van der Waals surface area contributed by atoms with Gasteiger partial charge >= 0.3 is 0 Å². The molecule has 0 atom stereocenters. The second kappa shape index (κ2) is 8.01. The van der Waals surface area contributed by atoms with Gasteiger partial charge in [0.2, 0.25) is 11.8 Å². The molecule has 24 heavy (non-hydrogen) atoms. The highest BCUT2D eigenvalue weighted by molar-refractivity contribution is 5.95. The van der Waals surface area contributed by atoms with E-state index in [0.717, 1.165) is 5.75 Å². The maximum atomic E-state index is 12.0. The van der Waals surface area contributed by atoms with Gasteiger partial charge in [0.15, 0.2) is 0 Å². The summed E-state index contributed by atoms with van der Waals surface area (Å²) < 4.78 is 5.55. The molecule has 2 aromatic carbocycles. The Bertz CT molecular complexity index is 712. The highest BCUT2D eigenvalue weighted by Crippen LogP contribution is 2.17. The van der Waals surface area contributed by atoms with Crippen LogP contribution in [0.2, 0.25) is 0 Å². The van der Waals surface area contributed by atoms with Crippen LogP contribution in [0.15, 0.2) is 48.5 Å². The lowest BCUT2D eigenvalue weighted by molar-refractivity contribution is -0.114. The van der Waals surface area contributed by atoms with Crippen molar-refractivity contribution in [3.05, 3.63) is 54.1 Å². The summed E-state index contributed by atoms with van der Waals surface area (Å²) >= 11 is 0. The van der Waals surface area contributed by atoms with Crippen molar-refractivity contribution in [2.45, 2.75) is 20.0 Å². The first kappa shape index (κ1) is 17.3. The van der Waals surface area contributed by atoms with Gasteiger partial charge < -0.3 is 21.1 Å². The molecule has 0 saturated heterocycles. The third-order valence-electron chi connectivity index (χ3n) is 3.11. The van der Waals surface area contributed by atoms with Crippen LogP contribution in [0.4, 0.5) is 11.4 Å². The van der Waals surface area contributed by atoms with Crippen LogP contribution in [-0.4, -0.2) is 24.5 Å². The Morgan fingerprint density at radius 1 is 1.08 bits per heavy atom. The summed E-state index contributed by atoms with van der Waals surface area (Å²) in [7, 11) is 0. The van der Waals surface area contributed by atoms with Crippen LogP contribution in [0.3, 0.4) is 0 Å². The van der Waals surface area contributed by atoms with Crippen molar-refractivity contribution >= 4 is 23.2 Å². The van der Waals surface area contributed by atoms with Crippen LogP contribution in [-0.2, 0) is 4.79 Å². The molecule has 0 aliphatic heterocycles. The SMILES string of the molecule is CC(C)Oc1ccc(NC(=O)CNc2cccc(C(N)=O)c2)cc1. The molecular formula is C18H21N3O3. The Morgan fingerprint density at radius 3 is 2.42 bits per heavy atom. The van der Waals surface area contributed by atoms with Gasteiger partial charge in [0.25, 0.3) is 0 Å². The number of benzene rings is 2. The molecular weight excluding hydrogens is 306 g/mol. The van der Waals surface area contributed by atoms with Crippen LogP contribution in [0.1, 0.15) is 24.2 Å². The Hall–Kier alpha value is -3.02. The zero-order valence-corrected chi connectivity index (χ0v) is 13.7. The molecule has 0 bridgehead atoms. The summed E-state index contributed by atoms with van der Waals surface area (Å²) in [6.45, 7) is 3.98. The number of hydrogen-bond donors (Lipinski definition) is 3. The summed E-state index contributed by atoms with van der Waals surface area (Å²) in [6, 6.07) is 13.9. The second-order valence-electron chi connectivity index (χ2n) is 5.54. The van der Waals surface area contributed by atoms with E-state index >= 15 is 0 Å². The number of carbonyl (C=O) groups excluding carboxylic acids is 2. The highest BCUT2D eigenvalue weighted by Gasteiger charge is 2.05. The summed E-state index contributed by atoms with van der Waals surface area (Å²) in [4.78, 5) is 23.1. The number of ether oxygens (including phenoxy) is 1. The van der Waals surface area contributed by atoms with Crippen molar-refractivity contribution < 1.29 is 14.3 Å². The topological polar surface area (TPSA) is 93.4 Å². The number of anilines is 2. The van der Waals surface area contributed by atoms with Crippen molar-refractivity contribution in [1.29, 1.82) is 0 Å². The molecule has 0 aliphatic carbocycles. The maximum absolute atomic E-state index is 12.0. The van der Waals surface area contributed by atoms with Crippen LogP contribution in [0, 0.1) is 0 Å². The van der Waals surface area contributed by atoms with Crippen molar-refractivity contribution in [3.8, 4) is 5.75 Å².